The predicted octanol–water partition coefficient (Wildman–Crippen LogP) is 4.81. The summed E-state index contributed by atoms with van der Waals surface area (Å²) in [7, 11) is 0. The molecule has 5 nitrogen and oxygen atoms in total. The number of benzene rings is 2. The summed E-state index contributed by atoms with van der Waals surface area (Å²) in [5, 5.41) is 3.70. The summed E-state index contributed by atoms with van der Waals surface area (Å²) in [4.78, 5) is 27.6. The van der Waals surface area contributed by atoms with Crippen molar-refractivity contribution in [2.24, 2.45) is 0 Å². The fourth-order valence-electron chi connectivity index (χ4n) is 3.84. The molecule has 0 aliphatic heterocycles. The van der Waals surface area contributed by atoms with Crippen LogP contribution in [-0.2, 0) is 16.1 Å². The van der Waals surface area contributed by atoms with Gasteiger partial charge in [0, 0.05) is 17.6 Å². The van der Waals surface area contributed by atoms with Crippen molar-refractivity contribution in [3.05, 3.63) is 64.2 Å². The van der Waals surface area contributed by atoms with Gasteiger partial charge in [0.1, 0.15) is 11.8 Å². The van der Waals surface area contributed by atoms with E-state index in [1.807, 2.05) is 50.2 Å². The van der Waals surface area contributed by atoms with Gasteiger partial charge in [-0.25, -0.2) is 0 Å². The Morgan fingerprint density at radius 2 is 1.87 bits per heavy atom. The Morgan fingerprint density at radius 3 is 2.55 bits per heavy atom. The number of nitrogens with one attached hydrogen (secondary N) is 1. The van der Waals surface area contributed by atoms with Crippen LogP contribution in [0.15, 0.2) is 42.5 Å². The highest BCUT2D eigenvalue weighted by Gasteiger charge is 2.28. The Kier molecular flexibility index (Phi) is 7.97. The van der Waals surface area contributed by atoms with E-state index >= 15 is 0 Å². The number of carbonyl (C=O) groups excluding carboxylic acids is 2. The van der Waals surface area contributed by atoms with Crippen LogP contribution in [0.25, 0.3) is 0 Å². The minimum atomic E-state index is -0.615. The van der Waals surface area contributed by atoms with E-state index in [9.17, 15) is 9.59 Å². The van der Waals surface area contributed by atoms with Crippen molar-refractivity contribution in [3.8, 4) is 5.75 Å². The monoisotopic (exact) mass is 442 g/mol. The average Bonchev–Trinajstić information content (AvgIpc) is 3.25. The number of carbonyl (C=O) groups is 2. The molecule has 0 spiro atoms. The maximum absolute atomic E-state index is 13.1. The topological polar surface area (TPSA) is 58.6 Å². The molecule has 1 N–H and O–H groups in total. The van der Waals surface area contributed by atoms with Gasteiger partial charge in [0.05, 0.1) is 0 Å². The van der Waals surface area contributed by atoms with Crippen LogP contribution < -0.4 is 10.1 Å². The minimum Gasteiger partial charge on any atom is -0.484 e. The highest BCUT2D eigenvalue weighted by Crippen LogP contribution is 2.20. The number of hydrogen-bond donors (Lipinski definition) is 1. The third-order valence-corrected chi connectivity index (χ3v) is 6.19. The van der Waals surface area contributed by atoms with Gasteiger partial charge in [0.15, 0.2) is 6.61 Å². The van der Waals surface area contributed by atoms with Crippen LogP contribution in [0.1, 0.15) is 49.3 Å². The predicted molar refractivity (Wildman–Crippen MR) is 123 cm³/mol. The molecule has 6 heteroatoms. The number of halogens is 1. The summed E-state index contributed by atoms with van der Waals surface area (Å²) in [6.45, 7) is 5.95. The summed E-state index contributed by atoms with van der Waals surface area (Å²) in [5.74, 6) is 0.267. The SMILES string of the molecule is Cc1ccc(OCC(=O)N(Cc2cccc(Cl)c2)[C@H](C)C(=O)NC2CCCC2)cc1C. The van der Waals surface area contributed by atoms with Crippen LogP contribution >= 0.6 is 11.6 Å². The van der Waals surface area contributed by atoms with Crippen LogP contribution in [0.4, 0.5) is 0 Å². The highest BCUT2D eigenvalue weighted by atomic mass is 35.5. The Bertz CT molecular complexity index is 925. The lowest BCUT2D eigenvalue weighted by Gasteiger charge is -2.29. The lowest BCUT2D eigenvalue weighted by molar-refractivity contribution is -0.142. The smallest absolute Gasteiger partial charge is 0.261 e. The molecule has 2 aromatic rings. The number of hydrogen-bond acceptors (Lipinski definition) is 3. The Hall–Kier alpha value is -2.53. The number of ether oxygens (including phenoxy) is 1. The molecule has 0 saturated heterocycles. The molecule has 2 amide bonds. The van der Waals surface area contributed by atoms with E-state index < -0.39 is 6.04 Å². The van der Waals surface area contributed by atoms with Gasteiger partial charge in [0.25, 0.3) is 5.91 Å². The molecule has 1 aliphatic rings. The van der Waals surface area contributed by atoms with Crippen molar-refractivity contribution < 1.29 is 14.3 Å². The van der Waals surface area contributed by atoms with Gasteiger partial charge in [-0.05, 0) is 74.6 Å². The zero-order valence-corrected chi connectivity index (χ0v) is 19.2. The van der Waals surface area contributed by atoms with Crippen LogP contribution in [0.3, 0.4) is 0 Å². The number of rotatable bonds is 8. The minimum absolute atomic E-state index is 0.131. The van der Waals surface area contributed by atoms with E-state index in [1.54, 1.807) is 17.9 Å². The quantitative estimate of drug-likeness (QED) is 0.638. The lowest BCUT2D eigenvalue weighted by atomic mass is 10.1. The van der Waals surface area contributed by atoms with Crippen LogP contribution in [0.2, 0.25) is 5.02 Å². The maximum atomic E-state index is 13.1. The van der Waals surface area contributed by atoms with Crippen molar-refractivity contribution in [2.45, 2.75) is 65.1 Å². The average molecular weight is 443 g/mol. The summed E-state index contributed by atoms with van der Waals surface area (Å²) in [5.41, 5.74) is 3.14. The molecule has 31 heavy (non-hydrogen) atoms. The molecular weight excluding hydrogens is 412 g/mol. The van der Waals surface area contributed by atoms with Crippen molar-refractivity contribution in [3.63, 3.8) is 0 Å². The fourth-order valence-corrected chi connectivity index (χ4v) is 4.05. The zero-order chi connectivity index (χ0) is 22.4. The van der Waals surface area contributed by atoms with Crippen molar-refractivity contribution in [1.29, 1.82) is 0 Å². The Balaban J connectivity index is 1.72. The summed E-state index contributed by atoms with van der Waals surface area (Å²) >= 11 is 6.12. The van der Waals surface area contributed by atoms with E-state index in [4.69, 9.17) is 16.3 Å². The summed E-state index contributed by atoms with van der Waals surface area (Å²) < 4.78 is 5.76. The van der Waals surface area contributed by atoms with E-state index in [0.717, 1.165) is 36.8 Å². The zero-order valence-electron chi connectivity index (χ0n) is 18.5. The molecular formula is C25H31ClN2O3. The first-order chi connectivity index (χ1) is 14.8. The molecule has 1 saturated carbocycles. The third-order valence-electron chi connectivity index (χ3n) is 5.95. The van der Waals surface area contributed by atoms with Gasteiger partial charge in [-0.1, -0.05) is 42.6 Å². The number of nitrogens with zero attached hydrogens (tertiary/aromatic N) is 1. The molecule has 0 aromatic heterocycles. The molecule has 2 aromatic carbocycles. The van der Waals surface area contributed by atoms with E-state index in [-0.39, 0.29) is 31.0 Å². The van der Waals surface area contributed by atoms with Crippen LogP contribution in [-0.4, -0.2) is 35.4 Å². The molecule has 1 fully saturated rings. The van der Waals surface area contributed by atoms with Crippen molar-refractivity contribution in [2.75, 3.05) is 6.61 Å². The molecule has 0 unspecified atom stereocenters. The first kappa shape index (κ1) is 23.1. The molecule has 0 radical (unpaired) electrons. The molecule has 0 bridgehead atoms. The van der Waals surface area contributed by atoms with Crippen LogP contribution in [0, 0.1) is 13.8 Å². The first-order valence-corrected chi connectivity index (χ1v) is 11.3. The first-order valence-electron chi connectivity index (χ1n) is 10.9. The largest absolute Gasteiger partial charge is 0.484 e. The van der Waals surface area contributed by atoms with Gasteiger partial charge in [-0.3, -0.25) is 9.59 Å². The molecule has 1 atom stereocenters. The molecule has 0 heterocycles. The maximum Gasteiger partial charge on any atom is 0.261 e. The molecule has 3 rings (SSSR count). The Labute approximate surface area is 189 Å². The second-order valence-electron chi connectivity index (χ2n) is 8.35. The van der Waals surface area contributed by atoms with Crippen LogP contribution in [0.5, 0.6) is 5.75 Å². The number of amides is 2. The van der Waals surface area contributed by atoms with E-state index in [1.165, 1.54) is 5.56 Å². The van der Waals surface area contributed by atoms with E-state index in [2.05, 4.69) is 5.32 Å². The van der Waals surface area contributed by atoms with Gasteiger partial charge in [-0.2, -0.15) is 0 Å². The standard InChI is InChI=1S/C25H31ClN2O3/c1-17-11-12-23(13-18(17)2)31-16-24(29)28(15-20-7-6-8-21(26)14-20)19(3)25(30)27-22-9-4-5-10-22/h6-8,11-14,19,22H,4-5,9-10,15-16H2,1-3H3,(H,27,30)/t19-/m1/s1. The second kappa shape index (κ2) is 10.7. The molecule has 1 aliphatic carbocycles. The summed E-state index contributed by atoms with van der Waals surface area (Å²) in [6, 6.07) is 12.7. The van der Waals surface area contributed by atoms with E-state index in [0.29, 0.717) is 10.8 Å². The van der Waals surface area contributed by atoms with Gasteiger partial charge in [-0.15, -0.1) is 0 Å². The van der Waals surface area contributed by atoms with Gasteiger partial charge < -0.3 is 15.0 Å². The second-order valence-corrected chi connectivity index (χ2v) is 8.79. The van der Waals surface area contributed by atoms with Gasteiger partial charge in [0.2, 0.25) is 5.91 Å². The van der Waals surface area contributed by atoms with Gasteiger partial charge >= 0.3 is 0 Å². The normalized spacial score (nSPS) is 14.8. The number of aryl methyl sites for hydroxylation is 2. The third kappa shape index (κ3) is 6.47. The van der Waals surface area contributed by atoms with Crippen molar-refractivity contribution >= 4 is 23.4 Å². The summed E-state index contributed by atoms with van der Waals surface area (Å²) in [6.07, 6.45) is 4.26. The molecule has 166 valence electrons. The Morgan fingerprint density at radius 1 is 1.13 bits per heavy atom. The highest BCUT2D eigenvalue weighted by molar-refractivity contribution is 6.30. The fraction of sp³-hybridized carbons (Fsp3) is 0.440. The lowest BCUT2D eigenvalue weighted by Crippen LogP contribution is -2.50. The van der Waals surface area contributed by atoms with Crippen molar-refractivity contribution in [1.82, 2.24) is 10.2 Å².